The summed E-state index contributed by atoms with van der Waals surface area (Å²) in [5.41, 5.74) is 3.51. The van der Waals surface area contributed by atoms with E-state index >= 15 is 0 Å². The van der Waals surface area contributed by atoms with Gasteiger partial charge in [-0.25, -0.2) is 9.48 Å². The van der Waals surface area contributed by atoms with Crippen LogP contribution in [-0.4, -0.2) is 33.7 Å². The lowest BCUT2D eigenvalue weighted by atomic mass is 10.0. The summed E-state index contributed by atoms with van der Waals surface area (Å²) in [5, 5.41) is 13.5. The molecule has 2 aromatic carbocycles. The van der Waals surface area contributed by atoms with Crippen LogP contribution in [0.1, 0.15) is 23.1 Å². The number of β-amino-alcohol motifs (C(OH)–C–C–N with tert-alkyl or cyclic N) is 1. The molecule has 0 aromatic heterocycles. The number of halogens is 2. The van der Waals surface area contributed by atoms with Crippen LogP contribution in [-0.2, 0) is 5.72 Å². The van der Waals surface area contributed by atoms with Crippen LogP contribution in [0.2, 0.25) is 5.02 Å². The van der Waals surface area contributed by atoms with E-state index in [0.717, 1.165) is 29.4 Å². The number of rotatable bonds is 2. The molecular formula is C20H22BrClN2OS. The van der Waals surface area contributed by atoms with Gasteiger partial charge >= 0.3 is 5.17 Å². The fraction of sp³-hybridized carbons (Fsp3) is 0.350. The van der Waals surface area contributed by atoms with Crippen molar-refractivity contribution in [2.45, 2.75) is 26.0 Å². The molecule has 2 aromatic rings. The fourth-order valence-corrected chi connectivity index (χ4v) is 4.96. The van der Waals surface area contributed by atoms with Gasteiger partial charge in [-0.15, -0.1) is 0 Å². The van der Waals surface area contributed by atoms with E-state index in [2.05, 4.69) is 41.5 Å². The first kappa shape index (κ1) is 19.7. The number of hydrogen-bond acceptors (Lipinski definition) is 3. The van der Waals surface area contributed by atoms with Crippen LogP contribution in [0.15, 0.2) is 42.5 Å². The normalized spacial score (nSPS) is 22.2. The molecule has 0 bridgehead atoms. The Hall–Kier alpha value is -1.01. The molecule has 138 valence electrons. The minimum atomic E-state index is -1.02. The van der Waals surface area contributed by atoms with Crippen LogP contribution in [0.25, 0.3) is 0 Å². The average Bonchev–Trinajstić information content (AvgIpc) is 2.92. The van der Waals surface area contributed by atoms with Gasteiger partial charge in [-0.3, -0.25) is 0 Å². The molecule has 6 heteroatoms. The molecule has 0 radical (unpaired) electrons. The summed E-state index contributed by atoms with van der Waals surface area (Å²) in [7, 11) is 0. The molecule has 4 rings (SSSR count). The number of benzene rings is 2. The summed E-state index contributed by atoms with van der Waals surface area (Å²) < 4.78 is 2.16. The second kappa shape index (κ2) is 7.55. The van der Waals surface area contributed by atoms with Crippen molar-refractivity contribution in [1.29, 1.82) is 0 Å². The number of amidine groups is 1. The van der Waals surface area contributed by atoms with E-state index in [-0.39, 0.29) is 17.0 Å². The van der Waals surface area contributed by atoms with Crippen LogP contribution in [0.3, 0.4) is 0 Å². The van der Waals surface area contributed by atoms with Crippen molar-refractivity contribution in [3.63, 3.8) is 0 Å². The van der Waals surface area contributed by atoms with Crippen LogP contribution in [0.4, 0.5) is 5.69 Å². The number of aryl methyl sites for hydroxylation is 2. The Morgan fingerprint density at radius 2 is 1.88 bits per heavy atom. The molecule has 26 heavy (non-hydrogen) atoms. The molecule has 0 saturated carbocycles. The van der Waals surface area contributed by atoms with Gasteiger partial charge in [0.25, 0.3) is 5.72 Å². The van der Waals surface area contributed by atoms with Crippen molar-refractivity contribution >= 4 is 34.2 Å². The summed E-state index contributed by atoms with van der Waals surface area (Å²) in [6, 6.07) is 14.1. The number of hydrogen-bond donors (Lipinski definition) is 1. The van der Waals surface area contributed by atoms with Gasteiger partial charge in [0.05, 0.1) is 6.54 Å². The molecule has 1 N–H and O–H groups in total. The zero-order valence-electron chi connectivity index (χ0n) is 14.9. The third kappa shape index (κ3) is 3.31. The van der Waals surface area contributed by atoms with Gasteiger partial charge in [-0.2, -0.15) is 0 Å². The SMILES string of the molecule is Cc1ccc(C)c(N2CC(O)(c3ccc(Cl)cc3)[N+]3=C2SCCC3)c1.[Br-]. The summed E-state index contributed by atoms with van der Waals surface area (Å²) in [4.78, 5) is 2.28. The van der Waals surface area contributed by atoms with Crippen molar-refractivity contribution in [2.24, 2.45) is 0 Å². The summed E-state index contributed by atoms with van der Waals surface area (Å²) in [5.74, 6) is 1.09. The molecule has 1 atom stereocenters. The monoisotopic (exact) mass is 452 g/mol. The lowest BCUT2D eigenvalue weighted by Crippen LogP contribution is -3.00. The predicted octanol–water partition coefficient (Wildman–Crippen LogP) is 1.13. The maximum Gasteiger partial charge on any atom is 0.316 e. The molecule has 3 nitrogen and oxygen atoms in total. The Morgan fingerprint density at radius 1 is 1.15 bits per heavy atom. The zero-order valence-corrected chi connectivity index (χ0v) is 18.0. The highest BCUT2D eigenvalue weighted by atomic mass is 79.9. The van der Waals surface area contributed by atoms with Gasteiger partial charge in [0.1, 0.15) is 5.69 Å². The van der Waals surface area contributed by atoms with Crippen LogP contribution >= 0.6 is 23.4 Å². The summed E-state index contributed by atoms with van der Waals surface area (Å²) >= 11 is 7.88. The molecular weight excluding hydrogens is 432 g/mol. The topological polar surface area (TPSA) is 26.5 Å². The molecule has 0 amide bonds. The number of anilines is 1. The van der Waals surface area contributed by atoms with Gasteiger partial charge < -0.3 is 22.1 Å². The van der Waals surface area contributed by atoms with Gasteiger partial charge in [0.15, 0.2) is 6.54 Å². The number of thioether (sulfide) groups is 1. The Kier molecular flexibility index (Phi) is 5.73. The number of nitrogens with zero attached hydrogens (tertiary/aromatic N) is 2. The van der Waals surface area contributed by atoms with Gasteiger partial charge in [-0.1, -0.05) is 35.9 Å². The summed E-state index contributed by atoms with van der Waals surface area (Å²) in [6.07, 6.45) is 1.07. The van der Waals surface area contributed by atoms with E-state index in [9.17, 15) is 5.11 Å². The molecule has 0 fully saturated rings. The molecule has 0 spiro atoms. The highest BCUT2D eigenvalue weighted by molar-refractivity contribution is 8.13. The van der Waals surface area contributed by atoms with Crippen LogP contribution in [0, 0.1) is 13.8 Å². The van der Waals surface area contributed by atoms with Crippen molar-refractivity contribution in [3.8, 4) is 0 Å². The Balaban J connectivity index is 0.00000196. The van der Waals surface area contributed by atoms with E-state index in [1.54, 1.807) is 0 Å². The minimum Gasteiger partial charge on any atom is -1.00 e. The third-order valence-corrected chi connectivity index (χ3v) is 6.45. The minimum absolute atomic E-state index is 0. The quantitative estimate of drug-likeness (QED) is 0.691. The second-order valence-corrected chi connectivity index (χ2v) is 8.33. The van der Waals surface area contributed by atoms with E-state index < -0.39 is 5.72 Å². The Morgan fingerprint density at radius 3 is 2.62 bits per heavy atom. The zero-order chi connectivity index (χ0) is 17.6. The molecule has 2 aliphatic heterocycles. The van der Waals surface area contributed by atoms with Crippen LogP contribution < -0.4 is 21.9 Å². The van der Waals surface area contributed by atoms with Crippen molar-refractivity contribution < 1.29 is 26.7 Å². The standard InChI is InChI=1S/C20H22ClN2OS.BrH/c1-14-4-5-15(2)18(12-14)22-13-20(24,16-6-8-17(21)9-7-16)23-10-3-11-25-19(22)23;/h4-9,12,24H,3,10-11,13H2,1-2H3;1H/q+1;/p-1. The smallest absolute Gasteiger partial charge is 0.316 e. The number of aliphatic hydroxyl groups is 1. The lowest BCUT2D eigenvalue weighted by Gasteiger charge is -2.24. The van der Waals surface area contributed by atoms with E-state index in [1.165, 1.54) is 16.8 Å². The first-order valence-corrected chi connectivity index (χ1v) is 9.96. The predicted molar refractivity (Wildman–Crippen MR) is 106 cm³/mol. The summed E-state index contributed by atoms with van der Waals surface area (Å²) in [6.45, 7) is 5.64. The van der Waals surface area contributed by atoms with E-state index in [4.69, 9.17) is 11.6 Å². The molecule has 0 saturated heterocycles. The van der Waals surface area contributed by atoms with Gasteiger partial charge in [0, 0.05) is 16.3 Å². The van der Waals surface area contributed by atoms with Gasteiger partial charge in [-0.05, 0) is 61.4 Å². The molecule has 2 heterocycles. The van der Waals surface area contributed by atoms with Crippen molar-refractivity contribution in [1.82, 2.24) is 0 Å². The van der Waals surface area contributed by atoms with E-state index in [1.807, 2.05) is 36.0 Å². The highest BCUT2D eigenvalue weighted by Gasteiger charge is 2.53. The van der Waals surface area contributed by atoms with E-state index in [0.29, 0.717) is 11.6 Å². The maximum absolute atomic E-state index is 11.6. The lowest BCUT2D eigenvalue weighted by molar-refractivity contribution is -0.656. The fourth-order valence-electron chi connectivity index (χ4n) is 3.66. The molecule has 2 aliphatic rings. The maximum atomic E-state index is 11.6. The van der Waals surface area contributed by atoms with Crippen molar-refractivity contribution in [3.05, 3.63) is 64.2 Å². The Labute approximate surface area is 174 Å². The van der Waals surface area contributed by atoms with Crippen LogP contribution in [0.5, 0.6) is 0 Å². The molecule has 1 unspecified atom stereocenters. The molecule has 0 aliphatic carbocycles. The Bertz CT molecular complexity index is 855. The third-order valence-electron chi connectivity index (χ3n) is 5.01. The largest absolute Gasteiger partial charge is 1.00 e. The average molecular weight is 454 g/mol. The van der Waals surface area contributed by atoms with Crippen molar-refractivity contribution in [2.75, 3.05) is 23.7 Å². The van der Waals surface area contributed by atoms with Gasteiger partial charge in [0.2, 0.25) is 0 Å². The second-order valence-electron chi connectivity index (χ2n) is 6.84. The first-order valence-electron chi connectivity index (χ1n) is 8.60. The highest BCUT2D eigenvalue weighted by Crippen LogP contribution is 2.39. The first-order chi connectivity index (χ1) is 12.0.